The fourth-order valence-corrected chi connectivity index (χ4v) is 8.22. The quantitative estimate of drug-likeness (QED) is 0.171. The predicted molar refractivity (Wildman–Crippen MR) is 235 cm³/mol. The monoisotopic (exact) mass is 727 g/mol. The molecule has 0 spiro atoms. The second-order valence-corrected chi connectivity index (χ2v) is 14.4. The minimum absolute atomic E-state index is 0.628. The highest BCUT2D eigenvalue weighted by molar-refractivity contribution is 6.23. The van der Waals surface area contributed by atoms with Crippen LogP contribution in [0.3, 0.4) is 0 Å². The van der Waals surface area contributed by atoms with Crippen molar-refractivity contribution in [3.8, 4) is 67.5 Å². The van der Waals surface area contributed by atoms with Crippen molar-refractivity contribution in [1.82, 2.24) is 15.0 Å². The zero-order chi connectivity index (χ0) is 37.7. The summed E-state index contributed by atoms with van der Waals surface area (Å²) in [7, 11) is 0. The summed E-state index contributed by atoms with van der Waals surface area (Å²) in [5.74, 6) is 1.91. The Morgan fingerprint density at radius 3 is 1.49 bits per heavy atom. The zero-order valence-electron chi connectivity index (χ0n) is 30.8. The summed E-state index contributed by atoms with van der Waals surface area (Å²) >= 11 is 0. The van der Waals surface area contributed by atoms with Gasteiger partial charge in [-0.1, -0.05) is 182 Å². The van der Waals surface area contributed by atoms with E-state index in [9.17, 15) is 0 Å². The Morgan fingerprint density at radius 2 is 0.772 bits per heavy atom. The van der Waals surface area contributed by atoms with Crippen molar-refractivity contribution in [1.29, 1.82) is 0 Å². The fourth-order valence-electron chi connectivity index (χ4n) is 8.22. The molecular weight excluding hydrogens is 695 g/mol. The number of furan rings is 1. The number of para-hydroxylation sites is 1. The maximum absolute atomic E-state index is 6.76. The van der Waals surface area contributed by atoms with Gasteiger partial charge in [-0.25, -0.2) is 15.0 Å². The van der Waals surface area contributed by atoms with Crippen molar-refractivity contribution in [2.45, 2.75) is 0 Å². The van der Waals surface area contributed by atoms with E-state index in [1.165, 1.54) is 32.7 Å². The minimum Gasteiger partial charge on any atom is -0.455 e. The fraction of sp³-hybridized carbons (Fsp3) is 0. The lowest BCUT2D eigenvalue weighted by Crippen LogP contribution is -2.00. The van der Waals surface area contributed by atoms with Gasteiger partial charge in [0.05, 0.1) is 0 Å². The Hall–Kier alpha value is -7.69. The Labute approximate surface area is 329 Å². The maximum atomic E-state index is 6.76. The molecule has 11 aromatic rings. The highest BCUT2D eigenvalue weighted by atomic mass is 16.3. The first-order chi connectivity index (χ1) is 28.2. The van der Waals surface area contributed by atoms with E-state index in [0.29, 0.717) is 17.5 Å². The third-order valence-electron chi connectivity index (χ3n) is 10.9. The standard InChI is InChI=1S/C53H33N3O/c1-3-15-35(16-4-1)51-54-52(36-17-5-2-6-18-36)56-53(55-51)40-23-10-21-38(33-40)37-20-9-22-39(32-37)42-25-12-29-47-49-46-28-13-27-44(45(46)30-31-48(49)57-50(42)47)43-26-11-19-34-14-7-8-24-41(34)43/h1-33H. The molecule has 9 aromatic carbocycles. The van der Waals surface area contributed by atoms with Crippen molar-refractivity contribution < 1.29 is 4.42 Å². The topological polar surface area (TPSA) is 51.8 Å². The van der Waals surface area contributed by atoms with Crippen LogP contribution in [0.15, 0.2) is 205 Å². The van der Waals surface area contributed by atoms with Crippen molar-refractivity contribution in [3.63, 3.8) is 0 Å². The van der Waals surface area contributed by atoms with Crippen LogP contribution in [-0.4, -0.2) is 15.0 Å². The smallest absolute Gasteiger partial charge is 0.164 e. The second kappa shape index (κ2) is 13.6. The molecule has 266 valence electrons. The van der Waals surface area contributed by atoms with Gasteiger partial charge in [0.25, 0.3) is 0 Å². The summed E-state index contributed by atoms with van der Waals surface area (Å²) in [6, 6.07) is 69.9. The third kappa shape index (κ3) is 5.74. The Kier molecular flexibility index (Phi) is 7.78. The molecule has 0 aliphatic rings. The Morgan fingerprint density at radius 1 is 0.298 bits per heavy atom. The molecule has 0 amide bonds. The molecular formula is C53H33N3O. The Bertz CT molecular complexity index is 3230. The average Bonchev–Trinajstić information content (AvgIpc) is 3.69. The van der Waals surface area contributed by atoms with Crippen LogP contribution in [-0.2, 0) is 0 Å². The molecule has 0 saturated carbocycles. The van der Waals surface area contributed by atoms with Crippen molar-refractivity contribution >= 4 is 43.5 Å². The first kappa shape index (κ1) is 32.7. The number of hydrogen-bond donors (Lipinski definition) is 0. The molecule has 4 nitrogen and oxygen atoms in total. The van der Waals surface area contributed by atoms with E-state index in [-0.39, 0.29) is 0 Å². The van der Waals surface area contributed by atoms with Crippen LogP contribution >= 0.6 is 0 Å². The molecule has 0 aliphatic heterocycles. The molecule has 0 aliphatic carbocycles. The summed E-state index contributed by atoms with van der Waals surface area (Å²) in [6.45, 7) is 0. The van der Waals surface area contributed by atoms with Crippen LogP contribution in [0.5, 0.6) is 0 Å². The summed E-state index contributed by atoms with van der Waals surface area (Å²) in [5, 5.41) is 7.12. The zero-order valence-corrected chi connectivity index (χ0v) is 30.8. The Balaban J connectivity index is 1.01. The van der Waals surface area contributed by atoms with Gasteiger partial charge in [0.1, 0.15) is 11.2 Å². The number of hydrogen-bond acceptors (Lipinski definition) is 4. The molecule has 0 saturated heterocycles. The van der Waals surface area contributed by atoms with E-state index in [0.717, 1.165) is 60.9 Å². The molecule has 0 unspecified atom stereocenters. The first-order valence-electron chi connectivity index (χ1n) is 19.2. The lowest BCUT2D eigenvalue weighted by atomic mass is 9.92. The molecule has 0 bridgehead atoms. The van der Waals surface area contributed by atoms with Crippen LogP contribution in [0.4, 0.5) is 0 Å². The first-order valence-corrected chi connectivity index (χ1v) is 19.2. The van der Waals surface area contributed by atoms with E-state index in [2.05, 4.69) is 140 Å². The lowest BCUT2D eigenvalue weighted by Gasteiger charge is -2.11. The molecule has 0 fully saturated rings. The molecule has 57 heavy (non-hydrogen) atoms. The molecule has 0 atom stereocenters. The number of rotatable bonds is 6. The van der Waals surface area contributed by atoms with Crippen LogP contribution in [0, 0.1) is 0 Å². The minimum atomic E-state index is 0.628. The number of benzene rings is 9. The second-order valence-electron chi connectivity index (χ2n) is 14.4. The number of aromatic nitrogens is 3. The predicted octanol–water partition coefficient (Wildman–Crippen LogP) is 14.1. The normalized spacial score (nSPS) is 11.5. The highest BCUT2D eigenvalue weighted by Crippen LogP contribution is 2.43. The van der Waals surface area contributed by atoms with Crippen molar-refractivity contribution in [3.05, 3.63) is 200 Å². The highest BCUT2D eigenvalue weighted by Gasteiger charge is 2.18. The lowest BCUT2D eigenvalue weighted by molar-refractivity contribution is 0.670. The van der Waals surface area contributed by atoms with Crippen LogP contribution in [0.25, 0.3) is 111 Å². The number of nitrogens with zero attached hydrogens (tertiary/aromatic N) is 3. The molecule has 2 aromatic heterocycles. The van der Waals surface area contributed by atoms with Gasteiger partial charge in [-0.3, -0.25) is 0 Å². The summed E-state index contributed by atoms with van der Waals surface area (Å²) in [6.07, 6.45) is 0. The summed E-state index contributed by atoms with van der Waals surface area (Å²) < 4.78 is 6.76. The summed E-state index contributed by atoms with van der Waals surface area (Å²) in [5.41, 5.74) is 11.3. The van der Waals surface area contributed by atoms with Crippen molar-refractivity contribution in [2.75, 3.05) is 0 Å². The van der Waals surface area contributed by atoms with E-state index in [1.807, 2.05) is 60.7 Å². The largest absolute Gasteiger partial charge is 0.455 e. The molecule has 0 N–H and O–H groups in total. The van der Waals surface area contributed by atoms with Gasteiger partial charge >= 0.3 is 0 Å². The van der Waals surface area contributed by atoms with E-state index in [1.54, 1.807) is 0 Å². The molecule has 2 heterocycles. The third-order valence-corrected chi connectivity index (χ3v) is 10.9. The van der Waals surface area contributed by atoms with Crippen molar-refractivity contribution in [2.24, 2.45) is 0 Å². The summed E-state index contributed by atoms with van der Waals surface area (Å²) in [4.78, 5) is 14.8. The molecule has 4 heteroatoms. The molecule has 0 radical (unpaired) electrons. The van der Waals surface area contributed by atoms with Gasteiger partial charge in [0, 0.05) is 33.0 Å². The SMILES string of the molecule is c1ccc(-c2nc(-c3ccccc3)nc(-c3cccc(-c4cccc(-c5cccc6c5oc5ccc7c(-c8cccc9ccccc89)cccc7c56)c4)c3)n2)cc1. The van der Waals surface area contributed by atoms with Crippen LogP contribution in [0.1, 0.15) is 0 Å². The van der Waals surface area contributed by atoms with Gasteiger partial charge < -0.3 is 4.42 Å². The van der Waals surface area contributed by atoms with Gasteiger partial charge in [0.15, 0.2) is 17.5 Å². The maximum Gasteiger partial charge on any atom is 0.164 e. The van der Waals surface area contributed by atoms with E-state index in [4.69, 9.17) is 19.4 Å². The van der Waals surface area contributed by atoms with E-state index >= 15 is 0 Å². The van der Waals surface area contributed by atoms with Crippen LogP contribution in [0.2, 0.25) is 0 Å². The van der Waals surface area contributed by atoms with Gasteiger partial charge in [-0.05, 0) is 67.6 Å². The van der Waals surface area contributed by atoms with E-state index < -0.39 is 0 Å². The molecule has 11 rings (SSSR count). The van der Waals surface area contributed by atoms with Crippen LogP contribution < -0.4 is 0 Å². The van der Waals surface area contributed by atoms with Gasteiger partial charge in [-0.2, -0.15) is 0 Å². The van der Waals surface area contributed by atoms with Gasteiger partial charge in [0.2, 0.25) is 0 Å². The number of fused-ring (bicyclic) bond motifs is 6. The average molecular weight is 728 g/mol. The van der Waals surface area contributed by atoms with Gasteiger partial charge in [-0.15, -0.1) is 0 Å².